The van der Waals surface area contributed by atoms with Crippen LogP contribution < -0.4 is 10.6 Å². The van der Waals surface area contributed by atoms with Crippen molar-refractivity contribution < 1.29 is 4.74 Å². The number of ether oxygens (including phenoxy) is 1. The van der Waals surface area contributed by atoms with Crippen LogP contribution in [0.15, 0.2) is 12.4 Å². The molecule has 5 nitrogen and oxygen atoms in total. The minimum absolute atomic E-state index is 0.133. The summed E-state index contributed by atoms with van der Waals surface area (Å²) in [4.78, 5) is 11.0. The molecular weight excluding hydrogens is 228 g/mol. The van der Waals surface area contributed by atoms with E-state index in [4.69, 9.17) is 10.5 Å². The highest BCUT2D eigenvalue weighted by molar-refractivity contribution is 5.31. The van der Waals surface area contributed by atoms with Gasteiger partial charge in [0, 0.05) is 31.5 Å². The smallest absolute Gasteiger partial charge is 0.225 e. The molecule has 0 spiro atoms. The molecule has 1 aromatic rings. The van der Waals surface area contributed by atoms with Gasteiger partial charge in [0.05, 0.1) is 12.2 Å². The van der Waals surface area contributed by atoms with Gasteiger partial charge in [-0.25, -0.2) is 9.97 Å². The predicted molar refractivity (Wildman–Crippen MR) is 71.6 cm³/mol. The number of morpholine rings is 1. The van der Waals surface area contributed by atoms with E-state index < -0.39 is 0 Å². The highest BCUT2D eigenvalue weighted by Gasteiger charge is 2.28. The molecule has 2 N–H and O–H groups in total. The van der Waals surface area contributed by atoms with Gasteiger partial charge in [-0.2, -0.15) is 0 Å². The van der Waals surface area contributed by atoms with E-state index in [1.54, 1.807) is 0 Å². The van der Waals surface area contributed by atoms with E-state index >= 15 is 0 Å². The summed E-state index contributed by atoms with van der Waals surface area (Å²) < 4.78 is 5.68. The predicted octanol–water partition coefficient (Wildman–Crippen LogP) is 0.981. The molecule has 100 valence electrons. The molecule has 0 aliphatic carbocycles. The maximum absolute atomic E-state index is 5.76. The highest BCUT2D eigenvalue weighted by Crippen LogP contribution is 2.19. The van der Waals surface area contributed by atoms with E-state index in [0.717, 1.165) is 37.6 Å². The first-order chi connectivity index (χ1) is 8.46. The van der Waals surface area contributed by atoms with Gasteiger partial charge in [-0.3, -0.25) is 0 Å². The van der Waals surface area contributed by atoms with Crippen molar-refractivity contribution in [2.45, 2.75) is 38.8 Å². The fraction of sp³-hybridized carbons (Fsp3) is 0.692. The van der Waals surface area contributed by atoms with Gasteiger partial charge in [0.25, 0.3) is 0 Å². The third-order valence-corrected chi connectivity index (χ3v) is 2.96. The first kappa shape index (κ1) is 13.2. The Hall–Kier alpha value is -1.20. The van der Waals surface area contributed by atoms with Crippen molar-refractivity contribution in [3.8, 4) is 0 Å². The fourth-order valence-corrected chi connectivity index (χ4v) is 2.18. The maximum Gasteiger partial charge on any atom is 0.225 e. The largest absolute Gasteiger partial charge is 0.372 e. The van der Waals surface area contributed by atoms with Gasteiger partial charge in [0.15, 0.2) is 0 Å². The molecule has 1 unspecified atom stereocenters. The Kier molecular flexibility index (Phi) is 3.82. The first-order valence-electron chi connectivity index (χ1n) is 6.42. The van der Waals surface area contributed by atoms with Crippen LogP contribution in [-0.2, 0) is 11.2 Å². The number of nitrogens with zero attached hydrogens (tertiary/aromatic N) is 3. The molecule has 18 heavy (non-hydrogen) atoms. The number of anilines is 1. The zero-order chi connectivity index (χ0) is 13.2. The molecule has 0 saturated carbocycles. The lowest BCUT2D eigenvalue weighted by Crippen LogP contribution is -2.49. The third kappa shape index (κ3) is 3.40. The first-order valence-corrected chi connectivity index (χ1v) is 6.42. The average molecular weight is 250 g/mol. The van der Waals surface area contributed by atoms with Crippen molar-refractivity contribution in [1.82, 2.24) is 9.97 Å². The van der Waals surface area contributed by atoms with Crippen molar-refractivity contribution in [1.29, 1.82) is 0 Å². The van der Waals surface area contributed by atoms with Gasteiger partial charge in [-0.15, -0.1) is 0 Å². The summed E-state index contributed by atoms with van der Waals surface area (Å²) in [6.07, 6.45) is 4.55. The Balaban J connectivity index is 2.05. The topological polar surface area (TPSA) is 64.3 Å². The van der Waals surface area contributed by atoms with E-state index in [-0.39, 0.29) is 11.6 Å². The highest BCUT2D eigenvalue weighted by atomic mass is 16.5. The quantitative estimate of drug-likeness (QED) is 0.866. The molecule has 0 radical (unpaired) electrons. The molecule has 2 heterocycles. The average Bonchev–Trinajstić information content (AvgIpc) is 2.28. The van der Waals surface area contributed by atoms with E-state index in [2.05, 4.69) is 28.7 Å². The fourth-order valence-electron chi connectivity index (χ4n) is 2.18. The molecule has 0 amide bonds. The van der Waals surface area contributed by atoms with Gasteiger partial charge in [-0.05, 0) is 32.8 Å². The summed E-state index contributed by atoms with van der Waals surface area (Å²) in [7, 11) is 0. The van der Waals surface area contributed by atoms with Crippen molar-refractivity contribution >= 4 is 5.95 Å². The lowest BCUT2D eigenvalue weighted by molar-refractivity contribution is -0.0281. The van der Waals surface area contributed by atoms with Gasteiger partial charge in [0.2, 0.25) is 5.95 Å². The Morgan fingerprint density at radius 3 is 2.67 bits per heavy atom. The second-order valence-electron chi connectivity index (χ2n) is 5.60. The monoisotopic (exact) mass is 250 g/mol. The summed E-state index contributed by atoms with van der Waals surface area (Å²) in [5.74, 6) is 0.778. The van der Waals surface area contributed by atoms with Crippen LogP contribution in [0.2, 0.25) is 0 Å². The number of aromatic nitrogens is 2. The van der Waals surface area contributed by atoms with Gasteiger partial charge < -0.3 is 15.4 Å². The Bertz CT molecular complexity index is 388. The number of nitrogens with two attached hydrogens (primary N) is 1. The number of rotatable bonds is 3. The van der Waals surface area contributed by atoms with Crippen LogP contribution in [0.4, 0.5) is 5.95 Å². The summed E-state index contributed by atoms with van der Waals surface area (Å²) in [5, 5.41) is 0. The minimum atomic E-state index is -0.133. The molecule has 1 aromatic heterocycles. The van der Waals surface area contributed by atoms with Crippen LogP contribution >= 0.6 is 0 Å². The zero-order valence-corrected chi connectivity index (χ0v) is 11.4. The normalized spacial score (nSPS) is 20.8. The third-order valence-electron chi connectivity index (χ3n) is 2.96. The molecule has 2 rings (SSSR count). The minimum Gasteiger partial charge on any atom is -0.372 e. The molecule has 5 heteroatoms. The van der Waals surface area contributed by atoms with Gasteiger partial charge in [0.1, 0.15) is 0 Å². The summed E-state index contributed by atoms with van der Waals surface area (Å²) in [5.41, 5.74) is 6.71. The number of hydrogen-bond acceptors (Lipinski definition) is 5. The molecular formula is C13H22N4O. The van der Waals surface area contributed by atoms with Crippen LogP contribution in [0, 0.1) is 0 Å². The maximum atomic E-state index is 5.76. The summed E-state index contributed by atoms with van der Waals surface area (Å²) in [6, 6.07) is 0.141. The van der Waals surface area contributed by atoms with Crippen LogP contribution in [0.3, 0.4) is 0 Å². The number of hydrogen-bond donors (Lipinski definition) is 1. The van der Waals surface area contributed by atoms with E-state index in [0.29, 0.717) is 0 Å². The van der Waals surface area contributed by atoms with Gasteiger partial charge >= 0.3 is 0 Å². The second-order valence-corrected chi connectivity index (χ2v) is 5.60. The van der Waals surface area contributed by atoms with Crippen LogP contribution in [0.1, 0.15) is 26.3 Å². The van der Waals surface area contributed by atoms with Crippen LogP contribution in [0.5, 0.6) is 0 Å². The van der Waals surface area contributed by atoms with E-state index in [1.807, 2.05) is 19.3 Å². The van der Waals surface area contributed by atoms with Crippen molar-refractivity contribution in [2.24, 2.45) is 5.73 Å². The van der Waals surface area contributed by atoms with E-state index in [1.165, 1.54) is 0 Å². The molecule has 1 atom stereocenters. The molecule has 1 fully saturated rings. The van der Waals surface area contributed by atoms with Crippen LogP contribution in [0.25, 0.3) is 0 Å². The van der Waals surface area contributed by atoms with E-state index in [9.17, 15) is 0 Å². The molecule has 0 aromatic carbocycles. The lowest BCUT2D eigenvalue weighted by Gasteiger charge is -2.38. The van der Waals surface area contributed by atoms with Gasteiger partial charge in [-0.1, -0.05) is 0 Å². The van der Waals surface area contributed by atoms with Crippen molar-refractivity contribution in [3.05, 3.63) is 18.0 Å². The van der Waals surface area contributed by atoms with Crippen LogP contribution in [-0.4, -0.2) is 41.3 Å². The summed E-state index contributed by atoms with van der Waals surface area (Å²) in [6.45, 7) is 8.54. The Morgan fingerprint density at radius 1 is 1.44 bits per heavy atom. The SMILES string of the molecule is CC(N)Cc1cnc(N2CCOC(C)(C)C2)nc1. The standard InChI is InChI=1S/C13H22N4O/c1-10(14)6-11-7-15-12(16-8-11)17-4-5-18-13(2,3)9-17/h7-8,10H,4-6,9,14H2,1-3H3. The molecule has 1 aliphatic heterocycles. The van der Waals surface area contributed by atoms with Crippen molar-refractivity contribution in [3.63, 3.8) is 0 Å². The summed E-state index contributed by atoms with van der Waals surface area (Å²) >= 11 is 0. The molecule has 1 aliphatic rings. The Labute approximate surface area is 108 Å². The lowest BCUT2D eigenvalue weighted by atomic mass is 10.1. The Morgan fingerprint density at radius 2 is 2.11 bits per heavy atom. The zero-order valence-electron chi connectivity index (χ0n) is 11.4. The molecule has 0 bridgehead atoms. The molecule has 1 saturated heterocycles. The second kappa shape index (κ2) is 5.20. The van der Waals surface area contributed by atoms with Crippen molar-refractivity contribution in [2.75, 3.05) is 24.6 Å².